The van der Waals surface area contributed by atoms with E-state index in [0.717, 1.165) is 31.0 Å². The first-order valence-electron chi connectivity index (χ1n) is 6.74. The van der Waals surface area contributed by atoms with Crippen molar-refractivity contribution in [2.45, 2.75) is 32.9 Å². The van der Waals surface area contributed by atoms with E-state index in [-0.39, 0.29) is 6.10 Å². The van der Waals surface area contributed by atoms with Gasteiger partial charge in [-0.05, 0) is 37.6 Å². The Kier molecular flexibility index (Phi) is 7.30. The van der Waals surface area contributed by atoms with Crippen molar-refractivity contribution in [2.75, 3.05) is 27.4 Å². The number of methoxy groups -OCH3 is 2. The zero-order chi connectivity index (χ0) is 14.1. The van der Waals surface area contributed by atoms with Crippen LogP contribution in [0.1, 0.15) is 25.8 Å². The lowest BCUT2D eigenvalue weighted by Gasteiger charge is -2.15. The summed E-state index contributed by atoms with van der Waals surface area (Å²) in [6, 6.07) is 6.01. The topological polar surface area (TPSA) is 39.7 Å². The number of ether oxygens (including phenoxy) is 3. The Hall–Kier alpha value is -1.26. The van der Waals surface area contributed by atoms with Gasteiger partial charge in [-0.25, -0.2) is 0 Å². The van der Waals surface area contributed by atoms with Crippen LogP contribution in [0.2, 0.25) is 0 Å². The Bertz CT molecular complexity index is 368. The standard InChI is InChI=1S/C15H25NO3/c1-5-8-16-10-13-6-7-14(15(9-13)18-4)19-11-12(2)17-3/h6-7,9,12,16H,5,8,10-11H2,1-4H3. The van der Waals surface area contributed by atoms with Crippen molar-refractivity contribution in [3.8, 4) is 11.5 Å². The molecule has 0 spiro atoms. The summed E-state index contributed by atoms with van der Waals surface area (Å²) in [5, 5.41) is 3.37. The van der Waals surface area contributed by atoms with Gasteiger partial charge >= 0.3 is 0 Å². The van der Waals surface area contributed by atoms with E-state index in [4.69, 9.17) is 14.2 Å². The molecule has 1 aromatic rings. The lowest BCUT2D eigenvalue weighted by Crippen LogP contribution is -2.16. The summed E-state index contributed by atoms with van der Waals surface area (Å²) in [6.07, 6.45) is 1.20. The molecular formula is C15H25NO3. The molecule has 4 heteroatoms. The molecule has 1 unspecified atom stereocenters. The van der Waals surface area contributed by atoms with Gasteiger partial charge in [-0.2, -0.15) is 0 Å². The second kappa shape index (κ2) is 8.77. The van der Waals surface area contributed by atoms with Gasteiger partial charge in [0.25, 0.3) is 0 Å². The molecule has 0 heterocycles. The highest BCUT2D eigenvalue weighted by Gasteiger charge is 2.07. The molecule has 0 fully saturated rings. The molecule has 19 heavy (non-hydrogen) atoms. The molecule has 0 aliphatic rings. The van der Waals surface area contributed by atoms with Crippen molar-refractivity contribution in [1.29, 1.82) is 0 Å². The zero-order valence-corrected chi connectivity index (χ0v) is 12.4. The van der Waals surface area contributed by atoms with Crippen LogP contribution in [0.4, 0.5) is 0 Å². The third kappa shape index (κ3) is 5.49. The van der Waals surface area contributed by atoms with Crippen LogP contribution in [0.5, 0.6) is 11.5 Å². The molecule has 1 aromatic carbocycles. The minimum absolute atomic E-state index is 0.0654. The lowest BCUT2D eigenvalue weighted by molar-refractivity contribution is 0.0706. The van der Waals surface area contributed by atoms with Crippen LogP contribution in [-0.4, -0.2) is 33.5 Å². The van der Waals surface area contributed by atoms with Gasteiger partial charge in [-0.15, -0.1) is 0 Å². The van der Waals surface area contributed by atoms with Crippen LogP contribution < -0.4 is 14.8 Å². The van der Waals surface area contributed by atoms with E-state index < -0.39 is 0 Å². The Balaban J connectivity index is 2.62. The zero-order valence-electron chi connectivity index (χ0n) is 12.4. The van der Waals surface area contributed by atoms with E-state index in [1.807, 2.05) is 19.1 Å². The van der Waals surface area contributed by atoms with Crippen molar-refractivity contribution in [3.05, 3.63) is 23.8 Å². The van der Waals surface area contributed by atoms with Gasteiger partial charge in [0.05, 0.1) is 13.2 Å². The number of rotatable bonds is 9. The van der Waals surface area contributed by atoms with Crippen LogP contribution >= 0.6 is 0 Å². The minimum atomic E-state index is 0.0654. The summed E-state index contributed by atoms with van der Waals surface area (Å²) in [5.74, 6) is 1.52. The maximum Gasteiger partial charge on any atom is 0.161 e. The van der Waals surface area contributed by atoms with Crippen molar-refractivity contribution >= 4 is 0 Å². The molecule has 0 radical (unpaired) electrons. The first-order chi connectivity index (χ1) is 9.21. The fourth-order valence-electron chi connectivity index (χ4n) is 1.63. The molecule has 0 saturated carbocycles. The van der Waals surface area contributed by atoms with Crippen LogP contribution in [0.25, 0.3) is 0 Å². The van der Waals surface area contributed by atoms with Crippen LogP contribution in [-0.2, 0) is 11.3 Å². The molecular weight excluding hydrogens is 242 g/mol. The summed E-state index contributed by atoms with van der Waals surface area (Å²) in [4.78, 5) is 0. The Morgan fingerprint density at radius 1 is 1.21 bits per heavy atom. The van der Waals surface area contributed by atoms with Crippen molar-refractivity contribution in [2.24, 2.45) is 0 Å². The summed E-state index contributed by atoms with van der Waals surface area (Å²) in [5.41, 5.74) is 1.19. The second-order valence-corrected chi connectivity index (χ2v) is 4.52. The number of hydrogen-bond donors (Lipinski definition) is 1. The molecule has 1 atom stereocenters. The van der Waals surface area contributed by atoms with E-state index in [0.29, 0.717) is 6.61 Å². The predicted octanol–water partition coefficient (Wildman–Crippen LogP) is 2.61. The van der Waals surface area contributed by atoms with Crippen molar-refractivity contribution in [3.63, 3.8) is 0 Å². The lowest BCUT2D eigenvalue weighted by atomic mass is 10.2. The normalized spacial score (nSPS) is 12.2. The second-order valence-electron chi connectivity index (χ2n) is 4.52. The third-order valence-corrected chi connectivity index (χ3v) is 2.86. The Labute approximate surface area is 116 Å². The summed E-state index contributed by atoms with van der Waals surface area (Å²) in [7, 11) is 3.33. The number of benzene rings is 1. The van der Waals surface area contributed by atoms with E-state index in [9.17, 15) is 0 Å². The average molecular weight is 267 g/mol. The molecule has 0 aliphatic heterocycles. The Morgan fingerprint density at radius 3 is 2.63 bits per heavy atom. The van der Waals surface area contributed by atoms with Gasteiger partial charge in [-0.3, -0.25) is 0 Å². The van der Waals surface area contributed by atoms with Gasteiger partial charge in [0.1, 0.15) is 6.61 Å². The first-order valence-corrected chi connectivity index (χ1v) is 6.74. The van der Waals surface area contributed by atoms with E-state index in [1.165, 1.54) is 5.56 Å². The van der Waals surface area contributed by atoms with Gasteiger partial charge in [0, 0.05) is 13.7 Å². The van der Waals surface area contributed by atoms with E-state index >= 15 is 0 Å². The highest BCUT2D eigenvalue weighted by Crippen LogP contribution is 2.28. The average Bonchev–Trinajstić information content (AvgIpc) is 2.45. The molecule has 0 bridgehead atoms. The number of hydrogen-bond acceptors (Lipinski definition) is 4. The van der Waals surface area contributed by atoms with Gasteiger partial charge in [0.2, 0.25) is 0 Å². The fraction of sp³-hybridized carbons (Fsp3) is 0.600. The van der Waals surface area contributed by atoms with Crippen LogP contribution in [0, 0.1) is 0 Å². The maximum absolute atomic E-state index is 5.69. The highest BCUT2D eigenvalue weighted by molar-refractivity contribution is 5.42. The maximum atomic E-state index is 5.69. The van der Waals surface area contributed by atoms with E-state index in [1.54, 1.807) is 14.2 Å². The van der Waals surface area contributed by atoms with Crippen molar-refractivity contribution in [1.82, 2.24) is 5.32 Å². The first kappa shape index (κ1) is 15.8. The largest absolute Gasteiger partial charge is 0.493 e. The third-order valence-electron chi connectivity index (χ3n) is 2.86. The smallest absolute Gasteiger partial charge is 0.161 e. The molecule has 0 aromatic heterocycles. The summed E-state index contributed by atoms with van der Waals surface area (Å²) < 4.78 is 16.2. The van der Waals surface area contributed by atoms with Gasteiger partial charge < -0.3 is 19.5 Å². The fourth-order valence-corrected chi connectivity index (χ4v) is 1.63. The molecule has 1 N–H and O–H groups in total. The molecule has 0 aliphatic carbocycles. The molecule has 108 valence electrons. The molecule has 1 rings (SSSR count). The quantitative estimate of drug-likeness (QED) is 0.698. The number of nitrogens with one attached hydrogen (secondary N) is 1. The minimum Gasteiger partial charge on any atom is -0.493 e. The predicted molar refractivity (Wildman–Crippen MR) is 77.0 cm³/mol. The van der Waals surface area contributed by atoms with Gasteiger partial charge in [-0.1, -0.05) is 13.0 Å². The summed E-state index contributed by atoms with van der Waals surface area (Å²) >= 11 is 0. The van der Waals surface area contributed by atoms with Crippen LogP contribution in [0.3, 0.4) is 0 Å². The SMILES string of the molecule is CCCNCc1ccc(OCC(C)OC)c(OC)c1. The van der Waals surface area contributed by atoms with Crippen LogP contribution in [0.15, 0.2) is 18.2 Å². The summed E-state index contributed by atoms with van der Waals surface area (Å²) in [6.45, 7) is 6.50. The monoisotopic (exact) mass is 267 g/mol. The Morgan fingerprint density at radius 2 is 2.00 bits per heavy atom. The van der Waals surface area contributed by atoms with Gasteiger partial charge in [0.15, 0.2) is 11.5 Å². The molecule has 0 saturated heterocycles. The molecule has 4 nitrogen and oxygen atoms in total. The van der Waals surface area contributed by atoms with Crippen molar-refractivity contribution < 1.29 is 14.2 Å². The van der Waals surface area contributed by atoms with E-state index in [2.05, 4.69) is 18.3 Å². The molecule has 0 amide bonds. The highest BCUT2D eigenvalue weighted by atomic mass is 16.5.